The lowest BCUT2D eigenvalue weighted by Gasteiger charge is -2.29. The zero-order valence-corrected chi connectivity index (χ0v) is 18.3. The van der Waals surface area contributed by atoms with E-state index in [0.717, 1.165) is 22.5 Å². The molecule has 0 spiro atoms. The summed E-state index contributed by atoms with van der Waals surface area (Å²) in [5.41, 5.74) is 4.45. The van der Waals surface area contributed by atoms with Gasteiger partial charge in [-0.25, -0.2) is 9.96 Å². The fraction of sp³-hybridized carbons (Fsp3) is 0.231. The lowest BCUT2D eigenvalue weighted by atomic mass is 9.90. The summed E-state index contributed by atoms with van der Waals surface area (Å²) < 4.78 is 0. The SMILES string of the molecule is Cc1ccc(N2C(=O)[C@@H]3[C@@H](c4ccc(N(C)C)cc4)N(c4ccccc4)O[C@H]3C2=O)cc1. The van der Waals surface area contributed by atoms with E-state index in [4.69, 9.17) is 4.84 Å². The topological polar surface area (TPSA) is 53.1 Å². The van der Waals surface area contributed by atoms with Crippen LogP contribution >= 0.6 is 0 Å². The van der Waals surface area contributed by atoms with E-state index in [1.165, 1.54) is 4.90 Å². The van der Waals surface area contributed by atoms with Gasteiger partial charge in [0.1, 0.15) is 5.92 Å². The van der Waals surface area contributed by atoms with Crippen LogP contribution in [0.4, 0.5) is 17.1 Å². The summed E-state index contributed by atoms with van der Waals surface area (Å²) in [6.07, 6.45) is -0.859. The van der Waals surface area contributed by atoms with Gasteiger partial charge in [0.2, 0.25) is 5.91 Å². The Morgan fingerprint density at radius 1 is 0.781 bits per heavy atom. The Bertz CT molecular complexity index is 1140. The molecule has 0 radical (unpaired) electrons. The number of aryl methyl sites for hydroxylation is 1. The maximum atomic E-state index is 13.6. The second-order valence-electron chi connectivity index (χ2n) is 8.49. The van der Waals surface area contributed by atoms with E-state index in [0.29, 0.717) is 5.69 Å². The van der Waals surface area contributed by atoms with Crippen molar-refractivity contribution in [3.8, 4) is 0 Å². The normalized spacial score (nSPS) is 22.4. The minimum atomic E-state index is -0.859. The van der Waals surface area contributed by atoms with Crippen molar-refractivity contribution < 1.29 is 14.4 Å². The standard InChI is InChI=1S/C26H25N3O3/c1-17-9-13-20(14-10-17)28-25(30)22-23(18-11-15-19(16-12-18)27(2)3)29(32-24(22)26(28)31)21-7-5-4-6-8-21/h4-16,22-24H,1-3H3/t22-,23-,24-/m1/s1. The van der Waals surface area contributed by atoms with Gasteiger partial charge in [-0.2, -0.15) is 0 Å². The van der Waals surface area contributed by atoms with Crippen molar-refractivity contribution in [2.45, 2.75) is 19.1 Å². The van der Waals surface area contributed by atoms with Crippen LogP contribution in [0.2, 0.25) is 0 Å². The first-order chi connectivity index (χ1) is 15.5. The Hall–Kier alpha value is -3.64. The van der Waals surface area contributed by atoms with Crippen molar-refractivity contribution >= 4 is 28.9 Å². The van der Waals surface area contributed by atoms with Crippen molar-refractivity contribution in [3.05, 3.63) is 90.0 Å². The summed E-state index contributed by atoms with van der Waals surface area (Å²) in [7, 11) is 3.97. The van der Waals surface area contributed by atoms with Crippen LogP contribution in [0.3, 0.4) is 0 Å². The van der Waals surface area contributed by atoms with E-state index in [1.807, 2.05) is 105 Å². The van der Waals surface area contributed by atoms with E-state index in [9.17, 15) is 9.59 Å². The summed E-state index contributed by atoms with van der Waals surface area (Å²) in [6, 6.07) is 24.7. The minimum Gasteiger partial charge on any atom is -0.378 e. The first kappa shape index (κ1) is 20.3. The van der Waals surface area contributed by atoms with E-state index in [2.05, 4.69) is 0 Å². The number of hydroxylamine groups is 1. The molecule has 162 valence electrons. The van der Waals surface area contributed by atoms with Gasteiger partial charge in [0.15, 0.2) is 6.10 Å². The van der Waals surface area contributed by atoms with Crippen LogP contribution in [0.5, 0.6) is 0 Å². The third-order valence-corrected chi connectivity index (χ3v) is 6.17. The number of hydrogen-bond acceptors (Lipinski definition) is 5. The van der Waals surface area contributed by atoms with Gasteiger partial charge in [-0.3, -0.25) is 14.4 Å². The van der Waals surface area contributed by atoms with Crippen molar-refractivity contribution in [2.75, 3.05) is 29.0 Å². The molecular formula is C26H25N3O3. The Morgan fingerprint density at radius 3 is 2.06 bits per heavy atom. The third-order valence-electron chi connectivity index (χ3n) is 6.17. The number of imide groups is 1. The first-order valence-corrected chi connectivity index (χ1v) is 10.7. The number of hydrogen-bond donors (Lipinski definition) is 0. The highest BCUT2D eigenvalue weighted by Crippen LogP contribution is 2.47. The molecule has 2 amide bonds. The number of carbonyl (C=O) groups is 2. The van der Waals surface area contributed by atoms with Crippen LogP contribution < -0.4 is 14.9 Å². The number of amides is 2. The van der Waals surface area contributed by atoms with E-state index >= 15 is 0 Å². The lowest BCUT2D eigenvalue weighted by Crippen LogP contribution is -2.37. The number of benzene rings is 3. The Labute approximate surface area is 187 Å². The summed E-state index contributed by atoms with van der Waals surface area (Å²) in [4.78, 5) is 36.4. The van der Waals surface area contributed by atoms with Crippen LogP contribution in [0.15, 0.2) is 78.9 Å². The van der Waals surface area contributed by atoms with Crippen LogP contribution in [0.1, 0.15) is 17.2 Å². The number of para-hydroxylation sites is 1. The monoisotopic (exact) mass is 427 g/mol. The molecule has 0 aromatic heterocycles. The molecule has 3 aromatic rings. The molecular weight excluding hydrogens is 402 g/mol. The molecule has 2 heterocycles. The van der Waals surface area contributed by atoms with Gasteiger partial charge in [0.05, 0.1) is 17.4 Å². The molecule has 2 saturated heterocycles. The average Bonchev–Trinajstić information content (AvgIpc) is 3.31. The first-order valence-electron chi connectivity index (χ1n) is 10.7. The molecule has 0 N–H and O–H groups in total. The Kier molecular flexibility index (Phi) is 4.94. The van der Waals surface area contributed by atoms with E-state index in [-0.39, 0.29) is 11.8 Å². The molecule has 0 aliphatic carbocycles. The Balaban J connectivity index is 1.56. The van der Waals surface area contributed by atoms with Gasteiger partial charge in [-0.1, -0.05) is 48.0 Å². The summed E-state index contributed by atoms with van der Waals surface area (Å²) >= 11 is 0. The third kappa shape index (κ3) is 3.24. The highest BCUT2D eigenvalue weighted by atomic mass is 16.7. The minimum absolute atomic E-state index is 0.232. The van der Waals surface area contributed by atoms with Crippen molar-refractivity contribution in [3.63, 3.8) is 0 Å². The number of nitrogens with zero attached hydrogens (tertiary/aromatic N) is 3. The summed E-state index contributed by atoms with van der Waals surface area (Å²) in [6.45, 7) is 1.97. The highest BCUT2D eigenvalue weighted by Gasteiger charge is 2.60. The zero-order chi connectivity index (χ0) is 22.4. The smallest absolute Gasteiger partial charge is 0.266 e. The molecule has 3 atom stereocenters. The molecule has 0 bridgehead atoms. The molecule has 2 fully saturated rings. The maximum absolute atomic E-state index is 13.6. The van der Waals surface area contributed by atoms with Gasteiger partial charge in [0, 0.05) is 19.8 Å². The van der Waals surface area contributed by atoms with Gasteiger partial charge in [0.25, 0.3) is 5.91 Å². The molecule has 0 saturated carbocycles. The predicted molar refractivity (Wildman–Crippen MR) is 124 cm³/mol. The second kappa shape index (κ2) is 7.80. The molecule has 6 heteroatoms. The predicted octanol–water partition coefficient (Wildman–Crippen LogP) is 4.11. The van der Waals surface area contributed by atoms with Crippen LogP contribution in [0.25, 0.3) is 0 Å². The molecule has 5 rings (SSSR count). The zero-order valence-electron chi connectivity index (χ0n) is 18.3. The Morgan fingerprint density at radius 2 is 1.44 bits per heavy atom. The van der Waals surface area contributed by atoms with Crippen molar-refractivity contribution in [1.82, 2.24) is 0 Å². The van der Waals surface area contributed by atoms with Crippen LogP contribution in [-0.4, -0.2) is 32.0 Å². The molecule has 0 unspecified atom stereocenters. The maximum Gasteiger partial charge on any atom is 0.266 e. The lowest BCUT2D eigenvalue weighted by molar-refractivity contribution is -0.126. The van der Waals surface area contributed by atoms with Gasteiger partial charge in [-0.05, 0) is 48.9 Å². The fourth-order valence-electron chi connectivity index (χ4n) is 4.47. The van der Waals surface area contributed by atoms with Gasteiger partial charge >= 0.3 is 0 Å². The van der Waals surface area contributed by atoms with Crippen molar-refractivity contribution in [1.29, 1.82) is 0 Å². The van der Waals surface area contributed by atoms with Crippen LogP contribution in [0, 0.1) is 12.8 Å². The fourth-order valence-corrected chi connectivity index (χ4v) is 4.47. The van der Waals surface area contributed by atoms with Crippen LogP contribution in [-0.2, 0) is 14.4 Å². The summed E-state index contributed by atoms with van der Waals surface area (Å²) in [5.74, 6) is -1.18. The molecule has 2 aliphatic rings. The number of carbonyl (C=O) groups excluding carboxylic acids is 2. The molecule has 6 nitrogen and oxygen atoms in total. The largest absolute Gasteiger partial charge is 0.378 e. The second-order valence-corrected chi connectivity index (χ2v) is 8.49. The number of rotatable bonds is 4. The number of fused-ring (bicyclic) bond motifs is 1. The van der Waals surface area contributed by atoms with Crippen molar-refractivity contribution in [2.24, 2.45) is 5.92 Å². The van der Waals surface area contributed by atoms with Gasteiger partial charge < -0.3 is 4.90 Å². The van der Waals surface area contributed by atoms with E-state index < -0.39 is 18.1 Å². The molecule has 3 aromatic carbocycles. The summed E-state index contributed by atoms with van der Waals surface area (Å²) in [5, 5.41) is 1.72. The number of anilines is 3. The highest BCUT2D eigenvalue weighted by molar-refractivity contribution is 6.23. The van der Waals surface area contributed by atoms with Gasteiger partial charge in [-0.15, -0.1) is 0 Å². The molecule has 32 heavy (non-hydrogen) atoms. The molecule has 2 aliphatic heterocycles. The average molecular weight is 428 g/mol. The quantitative estimate of drug-likeness (QED) is 0.587. The van der Waals surface area contributed by atoms with E-state index in [1.54, 1.807) is 5.06 Å².